The maximum Gasteiger partial charge on any atom is 0.272 e. The van der Waals surface area contributed by atoms with Crippen molar-refractivity contribution in [3.05, 3.63) is 59.4 Å². The van der Waals surface area contributed by atoms with Crippen LogP contribution >= 0.6 is 0 Å². The van der Waals surface area contributed by atoms with Crippen molar-refractivity contribution in [3.8, 4) is 11.4 Å². The van der Waals surface area contributed by atoms with Crippen LogP contribution in [0, 0.1) is 0 Å². The van der Waals surface area contributed by atoms with Gasteiger partial charge in [0.05, 0.1) is 56.0 Å². The number of hydrogen-bond acceptors (Lipinski definition) is 5. The summed E-state index contributed by atoms with van der Waals surface area (Å²) in [5.74, 6) is 0.606. The van der Waals surface area contributed by atoms with Crippen molar-refractivity contribution in [1.29, 1.82) is 0 Å². The standard InChI is InChI=1S/C21H23N5O3/c1-28-15-6-4-5-14(9-15)26-19-12-29-11-17(16(19)10-23-26)24-21(27)20-18-7-2-3-8-25(18)13-22-20/h4-6,9-10,13,17H,2-3,7-8,11-12H2,1H3,(H,24,27). The van der Waals surface area contributed by atoms with E-state index in [4.69, 9.17) is 9.47 Å². The number of methoxy groups -OCH3 is 1. The number of fused-ring (bicyclic) bond motifs is 2. The fourth-order valence-corrected chi connectivity index (χ4v) is 4.12. The van der Waals surface area contributed by atoms with E-state index >= 15 is 0 Å². The number of rotatable bonds is 4. The zero-order valence-electron chi connectivity index (χ0n) is 16.3. The average molecular weight is 393 g/mol. The van der Waals surface area contributed by atoms with Crippen LogP contribution in [0.4, 0.5) is 0 Å². The first-order chi connectivity index (χ1) is 14.2. The fraction of sp³-hybridized carbons (Fsp3) is 0.381. The second kappa shape index (κ2) is 7.36. The number of carbonyl (C=O) groups excluding carboxylic acids is 1. The highest BCUT2D eigenvalue weighted by Gasteiger charge is 2.29. The predicted octanol–water partition coefficient (Wildman–Crippen LogP) is 2.42. The minimum absolute atomic E-state index is 0.156. The second-order valence-electron chi connectivity index (χ2n) is 7.39. The molecule has 0 radical (unpaired) electrons. The van der Waals surface area contributed by atoms with E-state index in [0.717, 1.165) is 54.2 Å². The van der Waals surface area contributed by atoms with Crippen molar-refractivity contribution < 1.29 is 14.3 Å². The van der Waals surface area contributed by atoms with Crippen LogP contribution in [0.2, 0.25) is 0 Å². The SMILES string of the molecule is COc1cccc(-n2ncc3c2COCC3NC(=O)c2ncn3c2CCCC3)c1. The van der Waals surface area contributed by atoms with E-state index in [9.17, 15) is 4.79 Å². The molecule has 0 fully saturated rings. The number of aromatic nitrogens is 4. The maximum atomic E-state index is 12.9. The van der Waals surface area contributed by atoms with Crippen molar-refractivity contribution >= 4 is 5.91 Å². The second-order valence-corrected chi connectivity index (χ2v) is 7.39. The molecular formula is C21H23N5O3. The number of benzene rings is 1. The molecular weight excluding hydrogens is 370 g/mol. The van der Waals surface area contributed by atoms with Gasteiger partial charge in [0, 0.05) is 18.2 Å². The molecule has 8 heteroatoms. The average Bonchev–Trinajstić information content (AvgIpc) is 3.39. The van der Waals surface area contributed by atoms with Gasteiger partial charge >= 0.3 is 0 Å². The summed E-state index contributed by atoms with van der Waals surface area (Å²) in [5.41, 5.74) is 4.35. The summed E-state index contributed by atoms with van der Waals surface area (Å²) in [4.78, 5) is 17.3. The van der Waals surface area contributed by atoms with E-state index in [-0.39, 0.29) is 11.9 Å². The van der Waals surface area contributed by atoms with Crippen molar-refractivity contribution in [3.63, 3.8) is 0 Å². The number of amides is 1. The Morgan fingerprint density at radius 1 is 1.31 bits per heavy atom. The maximum absolute atomic E-state index is 12.9. The van der Waals surface area contributed by atoms with Gasteiger partial charge in [-0.25, -0.2) is 9.67 Å². The lowest BCUT2D eigenvalue weighted by Gasteiger charge is -2.24. The largest absolute Gasteiger partial charge is 0.497 e. The molecule has 2 aromatic heterocycles. The topological polar surface area (TPSA) is 83.2 Å². The Morgan fingerprint density at radius 3 is 3.14 bits per heavy atom. The highest BCUT2D eigenvalue weighted by molar-refractivity contribution is 5.93. The fourth-order valence-electron chi connectivity index (χ4n) is 4.12. The van der Waals surface area contributed by atoms with Crippen LogP contribution in [-0.4, -0.2) is 39.0 Å². The quantitative estimate of drug-likeness (QED) is 0.736. The Hall–Kier alpha value is -3.13. The summed E-state index contributed by atoms with van der Waals surface area (Å²) >= 11 is 0. The van der Waals surface area contributed by atoms with Gasteiger partial charge in [0.1, 0.15) is 11.4 Å². The monoisotopic (exact) mass is 393 g/mol. The van der Waals surface area contributed by atoms with Gasteiger partial charge in [0.15, 0.2) is 0 Å². The summed E-state index contributed by atoms with van der Waals surface area (Å²) in [6.45, 7) is 1.79. The Labute approximate surface area is 168 Å². The number of ether oxygens (including phenoxy) is 2. The summed E-state index contributed by atoms with van der Waals surface area (Å²) < 4.78 is 15.0. The number of carbonyl (C=O) groups is 1. The van der Waals surface area contributed by atoms with Crippen LogP contribution in [0.25, 0.3) is 5.69 Å². The van der Waals surface area contributed by atoms with Crippen LogP contribution < -0.4 is 10.1 Å². The van der Waals surface area contributed by atoms with Crippen LogP contribution in [0.5, 0.6) is 5.75 Å². The van der Waals surface area contributed by atoms with E-state index < -0.39 is 0 Å². The smallest absolute Gasteiger partial charge is 0.272 e. The van der Waals surface area contributed by atoms with Crippen LogP contribution in [0.3, 0.4) is 0 Å². The molecule has 4 heterocycles. The molecule has 0 aliphatic carbocycles. The minimum Gasteiger partial charge on any atom is -0.497 e. The summed E-state index contributed by atoms with van der Waals surface area (Å²) in [6.07, 6.45) is 6.70. The van der Waals surface area contributed by atoms with E-state index in [0.29, 0.717) is 18.9 Å². The molecule has 1 amide bonds. The number of imidazole rings is 1. The highest BCUT2D eigenvalue weighted by atomic mass is 16.5. The van der Waals surface area contributed by atoms with Gasteiger partial charge in [0.25, 0.3) is 5.91 Å². The molecule has 2 aliphatic heterocycles. The normalized spacial score (nSPS) is 18.0. The number of aryl methyl sites for hydroxylation is 1. The molecule has 1 aromatic carbocycles. The van der Waals surface area contributed by atoms with Gasteiger partial charge in [-0.3, -0.25) is 4.79 Å². The van der Waals surface area contributed by atoms with Crippen LogP contribution in [-0.2, 0) is 24.3 Å². The summed E-state index contributed by atoms with van der Waals surface area (Å²) in [5, 5.41) is 7.64. The Kier molecular flexibility index (Phi) is 4.55. The first-order valence-electron chi connectivity index (χ1n) is 9.88. The van der Waals surface area contributed by atoms with E-state index in [2.05, 4.69) is 20.0 Å². The van der Waals surface area contributed by atoms with Gasteiger partial charge in [0.2, 0.25) is 0 Å². The number of hydrogen-bond donors (Lipinski definition) is 1. The van der Waals surface area contributed by atoms with E-state index in [1.165, 1.54) is 0 Å². The molecule has 2 aliphatic rings. The predicted molar refractivity (Wildman–Crippen MR) is 105 cm³/mol. The van der Waals surface area contributed by atoms with Crippen molar-refractivity contribution in [2.45, 2.75) is 38.5 Å². The lowest BCUT2D eigenvalue weighted by molar-refractivity contribution is 0.0684. The van der Waals surface area contributed by atoms with Crippen LogP contribution in [0.15, 0.2) is 36.8 Å². The van der Waals surface area contributed by atoms with Gasteiger partial charge < -0.3 is 19.4 Å². The Bertz CT molecular complexity index is 1050. The minimum atomic E-state index is -0.258. The number of nitrogens with one attached hydrogen (secondary N) is 1. The van der Waals surface area contributed by atoms with Crippen molar-refractivity contribution in [1.82, 2.24) is 24.6 Å². The van der Waals surface area contributed by atoms with Crippen molar-refractivity contribution in [2.75, 3.05) is 13.7 Å². The van der Waals surface area contributed by atoms with Crippen LogP contribution in [0.1, 0.15) is 46.3 Å². The zero-order valence-corrected chi connectivity index (χ0v) is 16.3. The summed E-state index contributed by atoms with van der Waals surface area (Å²) in [7, 11) is 1.64. The molecule has 5 rings (SSSR count). The van der Waals surface area contributed by atoms with Gasteiger partial charge in [-0.2, -0.15) is 5.10 Å². The molecule has 0 saturated carbocycles. The Balaban J connectivity index is 1.41. The number of nitrogens with zero attached hydrogens (tertiary/aromatic N) is 4. The summed E-state index contributed by atoms with van der Waals surface area (Å²) in [6, 6.07) is 7.45. The first kappa shape index (κ1) is 17.9. The van der Waals surface area contributed by atoms with E-state index in [1.54, 1.807) is 13.4 Å². The van der Waals surface area contributed by atoms with E-state index in [1.807, 2.05) is 35.1 Å². The molecule has 8 nitrogen and oxygen atoms in total. The molecule has 150 valence electrons. The third-order valence-electron chi connectivity index (χ3n) is 5.63. The lowest BCUT2D eigenvalue weighted by Crippen LogP contribution is -2.35. The van der Waals surface area contributed by atoms with Crippen molar-refractivity contribution in [2.24, 2.45) is 0 Å². The third kappa shape index (κ3) is 3.19. The zero-order chi connectivity index (χ0) is 19.8. The van der Waals surface area contributed by atoms with Gasteiger partial charge in [-0.15, -0.1) is 0 Å². The molecule has 1 atom stereocenters. The molecule has 3 aromatic rings. The first-order valence-corrected chi connectivity index (χ1v) is 9.88. The lowest BCUT2D eigenvalue weighted by atomic mass is 10.0. The molecule has 0 saturated heterocycles. The molecule has 0 spiro atoms. The third-order valence-corrected chi connectivity index (χ3v) is 5.63. The molecule has 0 bridgehead atoms. The molecule has 1 N–H and O–H groups in total. The highest BCUT2D eigenvalue weighted by Crippen LogP contribution is 2.28. The Morgan fingerprint density at radius 2 is 2.24 bits per heavy atom. The van der Waals surface area contributed by atoms with Gasteiger partial charge in [-0.05, 0) is 31.4 Å². The molecule has 1 unspecified atom stereocenters. The van der Waals surface area contributed by atoms with Gasteiger partial charge in [-0.1, -0.05) is 6.07 Å². The molecule has 29 heavy (non-hydrogen) atoms.